The van der Waals surface area contributed by atoms with Gasteiger partial charge in [0.05, 0.1) is 6.54 Å². The Morgan fingerprint density at radius 2 is 1.64 bits per heavy atom. The van der Waals surface area contributed by atoms with Crippen LogP contribution in [-0.2, 0) is 4.79 Å². The maximum atomic E-state index is 11.5. The highest BCUT2D eigenvalue weighted by Crippen LogP contribution is 2.20. The molecule has 2 heterocycles. The Hall–Kier alpha value is -0.570. The molecule has 6 nitrogen and oxygen atoms in total. The third-order valence-electron chi connectivity index (χ3n) is 4.98. The molecule has 0 spiro atoms. The van der Waals surface area contributed by atoms with Crippen LogP contribution < -0.4 is 5.32 Å². The Bertz CT molecular complexity index is 427. The predicted molar refractivity (Wildman–Crippen MR) is 115 cm³/mol. The number of guanidine groups is 1. The van der Waals surface area contributed by atoms with Crippen molar-refractivity contribution < 1.29 is 4.79 Å². The van der Waals surface area contributed by atoms with E-state index in [-0.39, 0.29) is 29.9 Å². The summed E-state index contributed by atoms with van der Waals surface area (Å²) in [5.74, 6) is 2.76. The SMILES string of the molecule is CCNC(=NCCN1CC(C)CC(C)C1)N1CCN(C(C)=O)CC1.I. The van der Waals surface area contributed by atoms with Crippen LogP contribution in [0.2, 0.25) is 0 Å². The lowest BCUT2D eigenvalue weighted by Crippen LogP contribution is -2.53. The molecule has 2 atom stereocenters. The molecule has 146 valence electrons. The fourth-order valence-corrected chi connectivity index (χ4v) is 3.93. The zero-order valence-electron chi connectivity index (χ0n) is 16.3. The molecule has 2 saturated heterocycles. The van der Waals surface area contributed by atoms with Crippen LogP contribution in [0.1, 0.15) is 34.1 Å². The highest BCUT2D eigenvalue weighted by atomic mass is 127. The fraction of sp³-hybridized carbons (Fsp3) is 0.889. The van der Waals surface area contributed by atoms with Gasteiger partial charge in [-0.25, -0.2) is 0 Å². The second-order valence-corrected chi connectivity index (χ2v) is 7.43. The van der Waals surface area contributed by atoms with Gasteiger partial charge >= 0.3 is 0 Å². The van der Waals surface area contributed by atoms with Crippen molar-refractivity contribution in [2.24, 2.45) is 16.8 Å². The molecular weight excluding hydrogens is 429 g/mol. The van der Waals surface area contributed by atoms with Crippen LogP contribution in [0.25, 0.3) is 0 Å². The normalized spacial score (nSPS) is 25.5. The molecular formula is C18H36IN5O. The van der Waals surface area contributed by atoms with Crippen molar-refractivity contribution in [1.29, 1.82) is 0 Å². The zero-order valence-corrected chi connectivity index (χ0v) is 18.7. The van der Waals surface area contributed by atoms with Gasteiger partial charge < -0.3 is 20.0 Å². The number of halogens is 1. The van der Waals surface area contributed by atoms with E-state index in [4.69, 9.17) is 4.99 Å². The van der Waals surface area contributed by atoms with Gasteiger partial charge in [-0.05, 0) is 25.2 Å². The fourth-order valence-electron chi connectivity index (χ4n) is 3.93. The molecule has 0 aliphatic carbocycles. The summed E-state index contributed by atoms with van der Waals surface area (Å²) in [5, 5.41) is 3.41. The lowest BCUT2D eigenvalue weighted by atomic mass is 9.92. The molecule has 0 saturated carbocycles. The summed E-state index contributed by atoms with van der Waals surface area (Å²) in [7, 11) is 0. The van der Waals surface area contributed by atoms with Crippen molar-refractivity contribution in [1.82, 2.24) is 20.0 Å². The third-order valence-corrected chi connectivity index (χ3v) is 4.98. The average molecular weight is 465 g/mol. The van der Waals surface area contributed by atoms with E-state index in [2.05, 4.69) is 35.9 Å². The Morgan fingerprint density at radius 3 is 2.16 bits per heavy atom. The summed E-state index contributed by atoms with van der Waals surface area (Å²) in [5.41, 5.74) is 0. The first-order valence-corrected chi connectivity index (χ1v) is 9.50. The van der Waals surface area contributed by atoms with Crippen molar-refractivity contribution in [2.75, 3.05) is 58.9 Å². The van der Waals surface area contributed by atoms with Crippen LogP contribution in [0.3, 0.4) is 0 Å². The average Bonchev–Trinajstić information content (AvgIpc) is 2.53. The van der Waals surface area contributed by atoms with E-state index in [0.717, 1.165) is 63.6 Å². The van der Waals surface area contributed by atoms with Crippen LogP contribution >= 0.6 is 24.0 Å². The Morgan fingerprint density at radius 1 is 1.08 bits per heavy atom. The smallest absolute Gasteiger partial charge is 0.219 e. The van der Waals surface area contributed by atoms with Crippen molar-refractivity contribution in [3.8, 4) is 0 Å². The topological polar surface area (TPSA) is 51.2 Å². The number of hydrogen-bond donors (Lipinski definition) is 1. The van der Waals surface area contributed by atoms with Gasteiger partial charge in [0.15, 0.2) is 5.96 Å². The Labute approximate surface area is 170 Å². The maximum absolute atomic E-state index is 11.5. The lowest BCUT2D eigenvalue weighted by molar-refractivity contribution is -0.130. The van der Waals surface area contributed by atoms with Gasteiger partial charge in [0.1, 0.15) is 0 Å². The van der Waals surface area contributed by atoms with Crippen molar-refractivity contribution in [3.05, 3.63) is 0 Å². The monoisotopic (exact) mass is 465 g/mol. The van der Waals surface area contributed by atoms with Gasteiger partial charge in [0.25, 0.3) is 0 Å². The van der Waals surface area contributed by atoms with E-state index in [1.807, 2.05) is 4.90 Å². The quantitative estimate of drug-likeness (QED) is 0.390. The van der Waals surface area contributed by atoms with Gasteiger partial charge in [-0.2, -0.15) is 0 Å². The molecule has 0 aromatic rings. The van der Waals surface area contributed by atoms with Gasteiger partial charge in [0, 0.05) is 59.3 Å². The number of carbonyl (C=O) groups excluding carboxylic acids is 1. The minimum atomic E-state index is 0. The van der Waals surface area contributed by atoms with E-state index in [0.29, 0.717) is 0 Å². The number of likely N-dealkylation sites (tertiary alicyclic amines) is 1. The first kappa shape index (κ1) is 22.5. The molecule has 2 rings (SSSR count). The molecule has 2 aliphatic rings. The van der Waals surface area contributed by atoms with Crippen LogP contribution in [0.4, 0.5) is 0 Å². The lowest BCUT2D eigenvalue weighted by Gasteiger charge is -2.36. The summed E-state index contributed by atoms with van der Waals surface area (Å²) in [6, 6.07) is 0. The Balaban J connectivity index is 0.00000312. The van der Waals surface area contributed by atoms with Gasteiger partial charge in [-0.15, -0.1) is 24.0 Å². The largest absolute Gasteiger partial charge is 0.357 e. The second kappa shape index (κ2) is 11.2. The van der Waals surface area contributed by atoms with Crippen LogP contribution in [0.15, 0.2) is 4.99 Å². The molecule has 2 unspecified atom stereocenters. The maximum Gasteiger partial charge on any atom is 0.219 e. The van der Waals surface area contributed by atoms with E-state index in [1.165, 1.54) is 19.5 Å². The molecule has 1 amide bonds. The van der Waals surface area contributed by atoms with Gasteiger partial charge in [0.2, 0.25) is 5.91 Å². The number of piperazine rings is 1. The zero-order chi connectivity index (χ0) is 17.5. The van der Waals surface area contributed by atoms with Crippen molar-refractivity contribution >= 4 is 35.8 Å². The van der Waals surface area contributed by atoms with Crippen molar-refractivity contribution in [3.63, 3.8) is 0 Å². The van der Waals surface area contributed by atoms with Crippen LogP contribution in [0, 0.1) is 11.8 Å². The van der Waals surface area contributed by atoms with Crippen molar-refractivity contribution in [2.45, 2.75) is 34.1 Å². The molecule has 0 radical (unpaired) electrons. The number of piperidine rings is 1. The molecule has 7 heteroatoms. The minimum Gasteiger partial charge on any atom is -0.357 e. The summed E-state index contributed by atoms with van der Waals surface area (Å²) >= 11 is 0. The number of aliphatic imine (C=N–C) groups is 1. The second-order valence-electron chi connectivity index (χ2n) is 7.43. The first-order valence-electron chi connectivity index (χ1n) is 9.50. The Kier molecular flexibility index (Phi) is 10.1. The van der Waals surface area contributed by atoms with Gasteiger partial charge in [-0.1, -0.05) is 13.8 Å². The predicted octanol–water partition coefficient (Wildman–Crippen LogP) is 1.71. The number of nitrogens with one attached hydrogen (secondary N) is 1. The van der Waals surface area contributed by atoms with E-state index >= 15 is 0 Å². The van der Waals surface area contributed by atoms with E-state index in [1.54, 1.807) is 6.92 Å². The molecule has 0 aromatic heterocycles. The molecule has 0 aromatic carbocycles. The van der Waals surface area contributed by atoms with E-state index < -0.39 is 0 Å². The van der Waals surface area contributed by atoms with Crippen LogP contribution in [0.5, 0.6) is 0 Å². The number of hydrogen-bond acceptors (Lipinski definition) is 3. The standard InChI is InChI=1S/C18H35N5O.HI/c1-5-19-18(23-10-8-22(9-11-23)17(4)24)20-6-7-21-13-15(2)12-16(3)14-21;/h15-16H,5-14H2,1-4H3,(H,19,20);1H. The highest BCUT2D eigenvalue weighted by Gasteiger charge is 2.22. The number of rotatable bonds is 4. The van der Waals surface area contributed by atoms with Crippen LogP contribution in [-0.4, -0.2) is 85.5 Å². The molecule has 0 bridgehead atoms. The highest BCUT2D eigenvalue weighted by molar-refractivity contribution is 14.0. The summed E-state index contributed by atoms with van der Waals surface area (Å²) in [6.07, 6.45) is 1.35. The first-order chi connectivity index (χ1) is 11.5. The minimum absolute atomic E-state index is 0. The summed E-state index contributed by atoms with van der Waals surface area (Å²) < 4.78 is 0. The number of carbonyl (C=O) groups is 1. The molecule has 25 heavy (non-hydrogen) atoms. The summed E-state index contributed by atoms with van der Waals surface area (Å²) in [6.45, 7) is 16.9. The number of nitrogens with zero attached hydrogens (tertiary/aromatic N) is 4. The van der Waals surface area contributed by atoms with E-state index in [9.17, 15) is 4.79 Å². The van der Waals surface area contributed by atoms with Gasteiger partial charge in [-0.3, -0.25) is 9.79 Å². The summed E-state index contributed by atoms with van der Waals surface area (Å²) in [4.78, 5) is 23.0. The molecule has 1 N–H and O–H groups in total. The molecule has 2 fully saturated rings. The number of amides is 1. The third kappa shape index (κ3) is 7.29. The molecule has 2 aliphatic heterocycles.